The number of ketones is 1. The molecule has 0 amide bonds. The van der Waals surface area contributed by atoms with E-state index < -0.39 is 5.38 Å². The van der Waals surface area contributed by atoms with Crippen LogP contribution in [0.25, 0.3) is 0 Å². The normalized spacial score (nSPS) is 12.1. The fourth-order valence-corrected chi connectivity index (χ4v) is 1.97. The summed E-state index contributed by atoms with van der Waals surface area (Å²) >= 11 is 11.9. The average Bonchev–Trinajstić information content (AvgIpc) is 2.39. The van der Waals surface area contributed by atoms with Crippen molar-refractivity contribution in [2.75, 3.05) is 5.73 Å². The summed E-state index contributed by atoms with van der Waals surface area (Å²) in [6.07, 6.45) is 0. The first-order valence-corrected chi connectivity index (χ1v) is 6.18. The number of benzene rings is 2. The van der Waals surface area contributed by atoms with Crippen molar-refractivity contribution >= 4 is 34.7 Å². The fraction of sp³-hybridized carbons (Fsp3) is 0.0714. The van der Waals surface area contributed by atoms with E-state index >= 15 is 0 Å². The number of rotatable bonds is 3. The molecule has 0 aromatic heterocycles. The van der Waals surface area contributed by atoms with Crippen molar-refractivity contribution in [3.8, 4) is 0 Å². The first-order valence-electron chi connectivity index (χ1n) is 5.37. The topological polar surface area (TPSA) is 43.1 Å². The molecule has 2 aromatic carbocycles. The van der Waals surface area contributed by atoms with Gasteiger partial charge in [0.25, 0.3) is 0 Å². The van der Waals surface area contributed by atoms with Crippen LogP contribution in [0.3, 0.4) is 0 Å². The van der Waals surface area contributed by atoms with E-state index in [1.54, 1.807) is 48.5 Å². The van der Waals surface area contributed by atoms with E-state index in [0.717, 1.165) is 5.56 Å². The number of Topliss-reactive ketones (excluding diaryl/α,β-unsaturated/α-hetero) is 1. The molecular formula is C14H11Cl2NO. The highest BCUT2D eigenvalue weighted by Crippen LogP contribution is 2.26. The predicted octanol–water partition coefficient (Wildman–Crippen LogP) is 4.09. The van der Waals surface area contributed by atoms with E-state index in [1.807, 2.05) is 0 Å². The molecule has 0 spiro atoms. The third-order valence-corrected chi connectivity index (χ3v) is 3.29. The molecular weight excluding hydrogens is 269 g/mol. The lowest BCUT2D eigenvalue weighted by molar-refractivity contribution is 0.0987. The smallest absolute Gasteiger partial charge is 0.185 e. The van der Waals surface area contributed by atoms with Gasteiger partial charge in [0.1, 0.15) is 5.38 Å². The highest BCUT2D eigenvalue weighted by atomic mass is 35.5. The Labute approximate surface area is 115 Å². The first kappa shape index (κ1) is 12.9. The minimum absolute atomic E-state index is 0.155. The molecule has 2 rings (SSSR count). The van der Waals surface area contributed by atoms with Crippen molar-refractivity contribution in [3.05, 3.63) is 64.7 Å². The second-order valence-electron chi connectivity index (χ2n) is 3.90. The van der Waals surface area contributed by atoms with Gasteiger partial charge in [-0.2, -0.15) is 0 Å². The zero-order valence-corrected chi connectivity index (χ0v) is 10.9. The average molecular weight is 280 g/mol. The molecule has 2 N–H and O–H groups in total. The number of carbonyl (C=O) groups is 1. The van der Waals surface area contributed by atoms with Crippen LogP contribution in [0, 0.1) is 0 Å². The molecule has 0 saturated heterocycles. The van der Waals surface area contributed by atoms with Crippen LogP contribution in [0.1, 0.15) is 21.3 Å². The highest BCUT2D eigenvalue weighted by molar-refractivity contribution is 6.34. The fourth-order valence-electron chi connectivity index (χ4n) is 1.58. The third-order valence-electron chi connectivity index (χ3n) is 2.59. The first-order chi connectivity index (χ1) is 8.58. The van der Waals surface area contributed by atoms with Crippen LogP contribution in [0.5, 0.6) is 0 Å². The Balaban J connectivity index is 2.23. The van der Waals surface area contributed by atoms with Gasteiger partial charge >= 0.3 is 0 Å². The molecule has 4 heteroatoms. The number of carbonyl (C=O) groups excluding carboxylic acids is 1. The van der Waals surface area contributed by atoms with Gasteiger partial charge in [0, 0.05) is 16.3 Å². The third kappa shape index (κ3) is 2.84. The number of alkyl halides is 1. The number of halogens is 2. The number of hydrogen-bond donors (Lipinski definition) is 1. The molecule has 2 nitrogen and oxygen atoms in total. The second-order valence-corrected chi connectivity index (χ2v) is 4.77. The summed E-state index contributed by atoms with van der Waals surface area (Å²) in [6.45, 7) is 0. The molecule has 18 heavy (non-hydrogen) atoms. The van der Waals surface area contributed by atoms with Crippen LogP contribution >= 0.6 is 23.2 Å². The van der Waals surface area contributed by atoms with Gasteiger partial charge in [-0.1, -0.05) is 23.7 Å². The lowest BCUT2D eigenvalue weighted by Crippen LogP contribution is -2.07. The van der Waals surface area contributed by atoms with Crippen LogP contribution in [0.2, 0.25) is 5.02 Å². The van der Waals surface area contributed by atoms with Gasteiger partial charge in [0.05, 0.1) is 0 Å². The Bertz CT molecular complexity index is 549. The van der Waals surface area contributed by atoms with Crippen molar-refractivity contribution in [2.24, 2.45) is 0 Å². The SMILES string of the molecule is Nc1ccc(C(Cl)C(=O)c2ccc(Cl)cc2)cc1. The van der Waals surface area contributed by atoms with Gasteiger partial charge < -0.3 is 5.73 Å². The van der Waals surface area contributed by atoms with Gasteiger partial charge in [-0.25, -0.2) is 0 Å². The molecule has 0 fully saturated rings. The maximum absolute atomic E-state index is 12.1. The summed E-state index contributed by atoms with van der Waals surface area (Å²) in [4.78, 5) is 12.1. The van der Waals surface area contributed by atoms with E-state index in [4.69, 9.17) is 28.9 Å². The predicted molar refractivity (Wildman–Crippen MR) is 75.2 cm³/mol. The zero-order valence-electron chi connectivity index (χ0n) is 9.44. The number of nitrogens with two attached hydrogens (primary N) is 1. The van der Waals surface area contributed by atoms with Crippen molar-refractivity contribution in [3.63, 3.8) is 0 Å². The monoisotopic (exact) mass is 279 g/mol. The Hall–Kier alpha value is -1.51. The second kappa shape index (κ2) is 5.42. The Morgan fingerprint density at radius 2 is 1.56 bits per heavy atom. The van der Waals surface area contributed by atoms with Crippen LogP contribution < -0.4 is 5.73 Å². The quantitative estimate of drug-likeness (QED) is 0.523. The van der Waals surface area contributed by atoms with Crippen molar-refractivity contribution < 1.29 is 4.79 Å². The standard InChI is InChI=1S/C14H11Cl2NO/c15-11-5-1-10(2-6-11)14(18)13(16)9-3-7-12(17)8-4-9/h1-8,13H,17H2. The molecule has 1 unspecified atom stereocenters. The molecule has 0 bridgehead atoms. The molecule has 0 radical (unpaired) electrons. The number of hydrogen-bond acceptors (Lipinski definition) is 2. The van der Waals surface area contributed by atoms with Crippen LogP contribution in [0.15, 0.2) is 48.5 Å². The zero-order chi connectivity index (χ0) is 13.1. The van der Waals surface area contributed by atoms with Crippen LogP contribution in [-0.4, -0.2) is 5.78 Å². The van der Waals surface area contributed by atoms with E-state index in [1.165, 1.54) is 0 Å². The van der Waals surface area contributed by atoms with Gasteiger partial charge in [-0.3, -0.25) is 4.79 Å². The molecule has 1 atom stereocenters. The maximum Gasteiger partial charge on any atom is 0.185 e. The van der Waals surface area contributed by atoms with Crippen LogP contribution in [0.4, 0.5) is 5.69 Å². The lowest BCUT2D eigenvalue weighted by Gasteiger charge is -2.09. The van der Waals surface area contributed by atoms with E-state index in [0.29, 0.717) is 16.3 Å². The summed E-state index contributed by atoms with van der Waals surface area (Å²) in [6, 6.07) is 13.6. The van der Waals surface area contributed by atoms with Crippen molar-refractivity contribution in [1.82, 2.24) is 0 Å². The minimum Gasteiger partial charge on any atom is -0.399 e. The molecule has 0 aliphatic heterocycles. The molecule has 0 saturated carbocycles. The number of anilines is 1. The Morgan fingerprint density at radius 3 is 2.11 bits per heavy atom. The van der Waals surface area contributed by atoms with E-state index in [9.17, 15) is 4.79 Å². The minimum atomic E-state index is -0.716. The van der Waals surface area contributed by atoms with Gasteiger partial charge in [-0.05, 0) is 42.0 Å². The van der Waals surface area contributed by atoms with Crippen molar-refractivity contribution in [2.45, 2.75) is 5.38 Å². The van der Waals surface area contributed by atoms with Gasteiger partial charge in [0.15, 0.2) is 5.78 Å². The summed E-state index contributed by atoms with van der Waals surface area (Å²) in [5.74, 6) is -0.155. The number of nitrogen functional groups attached to an aromatic ring is 1. The molecule has 2 aromatic rings. The Kier molecular flexibility index (Phi) is 3.90. The molecule has 92 valence electrons. The van der Waals surface area contributed by atoms with Gasteiger partial charge in [0.2, 0.25) is 0 Å². The highest BCUT2D eigenvalue weighted by Gasteiger charge is 2.19. The molecule has 0 heterocycles. The molecule has 0 aliphatic rings. The largest absolute Gasteiger partial charge is 0.399 e. The van der Waals surface area contributed by atoms with E-state index in [2.05, 4.69) is 0 Å². The molecule has 0 aliphatic carbocycles. The maximum atomic E-state index is 12.1. The van der Waals surface area contributed by atoms with Crippen molar-refractivity contribution in [1.29, 1.82) is 0 Å². The van der Waals surface area contributed by atoms with Crippen LogP contribution in [-0.2, 0) is 0 Å². The summed E-state index contributed by atoms with van der Waals surface area (Å²) in [7, 11) is 0. The Morgan fingerprint density at radius 1 is 1.00 bits per heavy atom. The summed E-state index contributed by atoms with van der Waals surface area (Å²) in [5.41, 5.74) is 7.49. The summed E-state index contributed by atoms with van der Waals surface area (Å²) < 4.78 is 0. The van der Waals surface area contributed by atoms with Gasteiger partial charge in [-0.15, -0.1) is 11.6 Å². The summed E-state index contributed by atoms with van der Waals surface area (Å²) in [5, 5.41) is -0.128. The van der Waals surface area contributed by atoms with E-state index in [-0.39, 0.29) is 5.78 Å². The lowest BCUT2D eigenvalue weighted by atomic mass is 10.0.